The standard InChI is InChI=1S/C11H15N3O4/c1-6-3-4-8(5-12-6)13-11(18)14-9(7(2)15)10(16)17/h3-5,7,9,15H,1-2H3,(H,16,17)(H2,13,14,18). The molecule has 1 heterocycles. The normalized spacial score (nSPS) is 13.5. The van der Waals surface area contributed by atoms with Gasteiger partial charge in [-0.3, -0.25) is 4.98 Å². The molecule has 1 rings (SSSR count). The molecule has 2 atom stereocenters. The number of urea groups is 1. The number of carbonyl (C=O) groups is 2. The quantitative estimate of drug-likeness (QED) is 0.618. The Kier molecular flexibility index (Phi) is 4.61. The molecule has 4 N–H and O–H groups in total. The molecule has 7 heteroatoms. The molecule has 18 heavy (non-hydrogen) atoms. The first kappa shape index (κ1) is 13.9. The molecular weight excluding hydrogens is 238 g/mol. The van der Waals surface area contributed by atoms with Gasteiger partial charge in [0.05, 0.1) is 18.0 Å². The third-order valence-corrected chi connectivity index (χ3v) is 2.20. The summed E-state index contributed by atoms with van der Waals surface area (Å²) in [6.45, 7) is 3.09. The SMILES string of the molecule is Cc1ccc(NC(=O)NC(C(=O)O)C(C)O)cn1. The Balaban J connectivity index is 2.60. The van der Waals surface area contributed by atoms with Gasteiger partial charge in [-0.1, -0.05) is 0 Å². The van der Waals surface area contributed by atoms with Gasteiger partial charge in [-0.05, 0) is 26.0 Å². The Hall–Kier alpha value is -2.15. The predicted molar refractivity (Wildman–Crippen MR) is 64.2 cm³/mol. The number of aromatic nitrogens is 1. The number of anilines is 1. The number of hydrogen-bond acceptors (Lipinski definition) is 4. The van der Waals surface area contributed by atoms with Crippen molar-refractivity contribution in [1.29, 1.82) is 0 Å². The smallest absolute Gasteiger partial charge is 0.328 e. The van der Waals surface area contributed by atoms with E-state index in [4.69, 9.17) is 5.11 Å². The summed E-state index contributed by atoms with van der Waals surface area (Å²) in [5.74, 6) is -1.30. The molecule has 2 unspecified atom stereocenters. The molecule has 1 aromatic heterocycles. The predicted octanol–water partition coefficient (Wildman–Crippen LogP) is 0.346. The number of aliphatic hydroxyl groups excluding tert-OH is 1. The number of aryl methyl sites for hydroxylation is 1. The maximum atomic E-state index is 11.5. The molecule has 7 nitrogen and oxygen atoms in total. The summed E-state index contributed by atoms with van der Waals surface area (Å²) in [4.78, 5) is 26.2. The van der Waals surface area contributed by atoms with Crippen LogP contribution in [-0.4, -0.2) is 39.3 Å². The van der Waals surface area contributed by atoms with E-state index in [0.29, 0.717) is 5.69 Å². The second-order valence-electron chi connectivity index (χ2n) is 3.84. The average molecular weight is 253 g/mol. The summed E-state index contributed by atoms with van der Waals surface area (Å²) < 4.78 is 0. The minimum atomic E-state index is -1.36. The highest BCUT2D eigenvalue weighted by Gasteiger charge is 2.24. The van der Waals surface area contributed by atoms with E-state index in [9.17, 15) is 14.7 Å². The summed E-state index contributed by atoms with van der Waals surface area (Å²) in [7, 11) is 0. The second-order valence-corrected chi connectivity index (χ2v) is 3.84. The first-order valence-electron chi connectivity index (χ1n) is 5.31. The molecule has 0 aromatic carbocycles. The summed E-state index contributed by atoms with van der Waals surface area (Å²) in [5, 5.41) is 22.6. The van der Waals surface area contributed by atoms with Crippen molar-refractivity contribution in [2.24, 2.45) is 0 Å². The number of carboxylic acids is 1. The number of carboxylic acid groups (broad SMARTS) is 1. The van der Waals surface area contributed by atoms with Gasteiger partial charge in [-0.15, -0.1) is 0 Å². The van der Waals surface area contributed by atoms with Crippen LogP contribution >= 0.6 is 0 Å². The fourth-order valence-corrected chi connectivity index (χ4v) is 1.24. The highest BCUT2D eigenvalue weighted by Crippen LogP contribution is 2.05. The van der Waals surface area contributed by atoms with Crippen LogP contribution in [0.25, 0.3) is 0 Å². The minimum Gasteiger partial charge on any atom is -0.480 e. The van der Waals surface area contributed by atoms with Gasteiger partial charge in [0.25, 0.3) is 0 Å². The molecule has 0 saturated carbocycles. The van der Waals surface area contributed by atoms with Crippen molar-refractivity contribution in [2.75, 3.05) is 5.32 Å². The summed E-state index contributed by atoms with van der Waals surface area (Å²) in [6, 6.07) is 1.27. The van der Waals surface area contributed by atoms with Gasteiger partial charge in [0.15, 0.2) is 6.04 Å². The zero-order valence-corrected chi connectivity index (χ0v) is 10.0. The van der Waals surface area contributed by atoms with Crippen LogP contribution in [0.15, 0.2) is 18.3 Å². The number of hydrogen-bond donors (Lipinski definition) is 4. The number of carbonyl (C=O) groups excluding carboxylic acids is 1. The van der Waals surface area contributed by atoms with E-state index in [1.165, 1.54) is 13.1 Å². The lowest BCUT2D eigenvalue weighted by molar-refractivity contribution is -0.141. The molecule has 0 aliphatic heterocycles. The van der Waals surface area contributed by atoms with Crippen LogP contribution < -0.4 is 10.6 Å². The number of nitrogens with zero attached hydrogens (tertiary/aromatic N) is 1. The third-order valence-electron chi connectivity index (χ3n) is 2.20. The van der Waals surface area contributed by atoms with Crippen LogP contribution in [0.5, 0.6) is 0 Å². The molecule has 0 saturated heterocycles. The summed E-state index contributed by atoms with van der Waals surface area (Å²) in [5.41, 5.74) is 1.24. The Morgan fingerprint density at radius 1 is 1.39 bits per heavy atom. The van der Waals surface area contributed by atoms with Gasteiger partial charge in [-0.2, -0.15) is 0 Å². The number of pyridine rings is 1. The second kappa shape index (κ2) is 5.97. The van der Waals surface area contributed by atoms with Gasteiger partial charge >= 0.3 is 12.0 Å². The lowest BCUT2D eigenvalue weighted by Gasteiger charge is -2.17. The Labute approximate surface area is 104 Å². The van der Waals surface area contributed by atoms with Crippen molar-refractivity contribution >= 4 is 17.7 Å². The van der Waals surface area contributed by atoms with E-state index in [1.54, 1.807) is 19.1 Å². The van der Waals surface area contributed by atoms with Crippen molar-refractivity contribution in [2.45, 2.75) is 26.0 Å². The Morgan fingerprint density at radius 3 is 2.50 bits per heavy atom. The van der Waals surface area contributed by atoms with Crippen molar-refractivity contribution in [3.05, 3.63) is 24.0 Å². The maximum Gasteiger partial charge on any atom is 0.328 e. The van der Waals surface area contributed by atoms with Gasteiger partial charge in [0.1, 0.15) is 0 Å². The van der Waals surface area contributed by atoms with Gasteiger partial charge in [0.2, 0.25) is 0 Å². The lowest BCUT2D eigenvalue weighted by atomic mass is 10.2. The zero-order valence-electron chi connectivity index (χ0n) is 10.0. The Bertz CT molecular complexity index is 430. The van der Waals surface area contributed by atoms with E-state index in [0.717, 1.165) is 5.69 Å². The van der Waals surface area contributed by atoms with Crippen LogP contribution in [-0.2, 0) is 4.79 Å². The molecule has 98 valence electrons. The van der Waals surface area contributed by atoms with Crippen molar-refractivity contribution < 1.29 is 19.8 Å². The summed E-state index contributed by atoms with van der Waals surface area (Å²) >= 11 is 0. The van der Waals surface area contributed by atoms with Crippen molar-refractivity contribution in [3.63, 3.8) is 0 Å². The number of nitrogens with one attached hydrogen (secondary N) is 2. The van der Waals surface area contributed by atoms with Crippen LogP contribution in [0.3, 0.4) is 0 Å². The molecule has 0 spiro atoms. The van der Waals surface area contributed by atoms with Crippen LogP contribution in [0.1, 0.15) is 12.6 Å². The number of aliphatic hydroxyl groups is 1. The summed E-state index contributed by atoms with van der Waals surface area (Å²) in [6.07, 6.45) is 0.261. The molecule has 0 bridgehead atoms. The topological polar surface area (TPSA) is 112 Å². The van der Waals surface area contributed by atoms with Crippen molar-refractivity contribution in [3.8, 4) is 0 Å². The fraction of sp³-hybridized carbons (Fsp3) is 0.364. The number of aliphatic carboxylic acids is 1. The first-order chi connectivity index (χ1) is 8.40. The van der Waals surface area contributed by atoms with E-state index >= 15 is 0 Å². The number of rotatable bonds is 4. The lowest BCUT2D eigenvalue weighted by Crippen LogP contribution is -2.49. The zero-order chi connectivity index (χ0) is 13.7. The maximum absolute atomic E-state index is 11.5. The third kappa shape index (κ3) is 4.02. The molecule has 2 amide bonds. The average Bonchev–Trinajstić information content (AvgIpc) is 2.28. The fourth-order valence-electron chi connectivity index (χ4n) is 1.24. The monoisotopic (exact) mass is 253 g/mol. The molecule has 0 radical (unpaired) electrons. The van der Waals surface area contributed by atoms with E-state index in [2.05, 4.69) is 15.6 Å². The van der Waals surface area contributed by atoms with E-state index in [-0.39, 0.29) is 0 Å². The van der Waals surface area contributed by atoms with Crippen molar-refractivity contribution in [1.82, 2.24) is 10.3 Å². The largest absolute Gasteiger partial charge is 0.480 e. The van der Waals surface area contributed by atoms with Gasteiger partial charge in [0, 0.05) is 5.69 Å². The van der Waals surface area contributed by atoms with Gasteiger partial charge in [-0.25, -0.2) is 9.59 Å². The Morgan fingerprint density at radius 2 is 2.06 bits per heavy atom. The van der Waals surface area contributed by atoms with Crippen LogP contribution in [0.4, 0.5) is 10.5 Å². The minimum absolute atomic E-state index is 0.438. The van der Waals surface area contributed by atoms with E-state index < -0.39 is 24.1 Å². The molecule has 1 aromatic rings. The molecule has 0 aliphatic carbocycles. The first-order valence-corrected chi connectivity index (χ1v) is 5.31. The van der Waals surface area contributed by atoms with Gasteiger partial charge < -0.3 is 20.8 Å². The number of amides is 2. The molecule has 0 fully saturated rings. The highest BCUT2D eigenvalue weighted by atomic mass is 16.4. The molecule has 0 aliphatic rings. The van der Waals surface area contributed by atoms with Crippen LogP contribution in [0.2, 0.25) is 0 Å². The molecular formula is C11H15N3O4. The van der Waals surface area contributed by atoms with Crippen LogP contribution in [0, 0.1) is 6.92 Å². The van der Waals surface area contributed by atoms with E-state index in [1.807, 2.05) is 0 Å². The highest BCUT2D eigenvalue weighted by molar-refractivity contribution is 5.92.